The molecule has 1 aliphatic carbocycles. The van der Waals surface area contributed by atoms with Crippen molar-refractivity contribution in [3.05, 3.63) is 24.2 Å². The number of thiophene rings is 1. The molecule has 1 fully saturated rings. The van der Waals surface area contributed by atoms with Crippen molar-refractivity contribution in [3.8, 4) is 10.6 Å². The van der Waals surface area contributed by atoms with Crippen molar-refractivity contribution in [2.75, 3.05) is 0 Å². The molecule has 0 saturated heterocycles. The van der Waals surface area contributed by atoms with Gasteiger partial charge in [0.15, 0.2) is 11.7 Å². The van der Waals surface area contributed by atoms with Crippen molar-refractivity contribution in [3.63, 3.8) is 0 Å². The highest BCUT2D eigenvalue weighted by molar-refractivity contribution is 7.91. The maximum atomic E-state index is 12.4. The highest BCUT2D eigenvalue weighted by Crippen LogP contribution is 2.31. The molecule has 7 heteroatoms. The predicted molar refractivity (Wildman–Crippen MR) is 81.7 cm³/mol. The summed E-state index contributed by atoms with van der Waals surface area (Å²) in [7, 11) is -3.43. The van der Waals surface area contributed by atoms with Gasteiger partial charge in [0.1, 0.15) is 4.21 Å². The third kappa shape index (κ3) is 3.36. The fourth-order valence-electron chi connectivity index (χ4n) is 2.57. The lowest BCUT2D eigenvalue weighted by molar-refractivity contribution is 0.412. The van der Waals surface area contributed by atoms with E-state index in [2.05, 4.69) is 9.71 Å². The number of sulfonamides is 1. The highest BCUT2D eigenvalue weighted by Gasteiger charge is 2.23. The molecule has 0 bridgehead atoms. The van der Waals surface area contributed by atoms with Crippen molar-refractivity contribution >= 4 is 21.4 Å². The molecule has 0 amide bonds. The van der Waals surface area contributed by atoms with E-state index >= 15 is 0 Å². The van der Waals surface area contributed by atoms with Gasteiger partial charge in [0.05, 0.1) is 11.1 Å². The Hall–Kier alpha value is -1.18. The Morgan fingerprint density at radius 2 is 2.05 bits per heavy atom. The van der Waals surface area contributed by atoms with Crippen molar-refractivity contribution in [1.82, 2.24) is 9.71 Å². The Kier molecular flexibility index (Phi) is 4.14. The molecule has 5 nitrogen and oxygen atoms in total. The van der Waals surface area contributed by atoms with Crippen LogP contribution in [0.5, 0.6) is 0 Å². The molecule has 0 aromatic carbocycles. The van der Waals surface area contributed by atoms with Gasteiger partial charge in [-0.1, -0.05) is 19.3 Å². The molecule has 2 aromatic rings. The van der Waals surface area contributed by atoms with Crippen LogP contribution in [0.2, 0.25) is 0 Å². The summed E-state index contributed by atoms with van der Waals surface area (Å²) < 4.78 is 33.4. The van der Waals surface area contributed by atoms with Crippen LogP contribution in [0.1, 0.15) is 38.0 Å². The van der Waals surface area contributed by atoms with Crippen molar-refractivity contribution in [1.29, 1.82) is 0 Å². The average Bonchev–Trinajstić information content (AvgIpc) is 3.08. The quantitative estimate of drug-likeness (QED) is 0.935. The van der Waals surface area contributed by atoms with Crippen LogP contribution in [-0.4, -0.2) is 19.4 Å². The van der Waals surface area contributed by atoms with Gasteiger partial charge in [-0.25, -0.2) is 18.1 Å². The molecule has 1 aliphatic rings. The Morgan fingerprint density at radius 3 is 2.71 bits per heavy atom. The molecule has 21 heavy (non-hydrogen) atoms. The van der Waals surface area contributed by atoms with Gasteiger partial charge in [0.2, 0.25) is 10.0 Å². The summed E-state index contributed by atoms with van der Waals surface area (Å²) in [4.78, 5) is 4.81. The molecule has 3 rings (SSSR count). The Labute approximate surface area is 128 Å². The molecular formula is C14H18N2O3S2. The van der Waals surface area contributed by atoms with Gasteiger partial charge >= 0.3 is 0 Å². The molecule has 114 valence electrons. The third-order valence-corrected chi connectivity index (χ3v) is 6.75. The normalized spacial score (nSPS) is 17.2. The van der Waals surface area contributed by atoms with Gasteiger partial charge in [-0.15, -0.1) is 11.3 Å². The molecule has 1 N–H and O–H groups in total. The molecule has 0 radical (unpaired) electrons. The topological polar surface area (TPSA) is 72.2 Å². The smallest absolute Gasteiger partial charge is 0.250 e. The zero-order chi connectivity index (χ0) is 14.9. The second kappa shape index (κ2) is 5.90. The largest absolute Gasteiger partial charge is 0.440 e. The number of hydrogen-bond acceptors (Lipinski definition) is 5. The number of hydrogen-bond donors (Lipinski definition) is 1. The van der Waals surface area contributed by atoms with E-state index in [-0.39, 0.29) is 6.04 Å². The fraction of sp³-hybridized carbons (Fsp3) is 0.500. The summed E-state index contributed by atoms with van der Waals surface area (Å²) in [6.07, 6.45) is 6.87. The molecule has 0 aliphatic heterocycles. The minimum atomic E-state index is -3.43. The van der Waals surface area contributed by atoms with E-state index in [4.69, 9.17) is 4.42 Å². The molecule has 2 aromatic heterocycles. The van der Waals surface area contributed by atoms with E-state index in [1.807, 2.05) is 0 Å². The first kappa shape index (κ1) is 14.7. The Bertz CT molecular complexity index is 712. The summed E-state index contributed by atoms with van der Waals surface area (Å²) in [5.74, 6) is 1.18. The van der Waals surface area contributed by atoms with Gasteiger partial charge in [0.25, 0.3) is 0 Å². The number of aryl methyl sites for hydroxylation is 1. The molecule has 1 saturated carbocycles. The van der Waals surface area contributed by atoms with Crippen LogP contribution in [0, 0.1) is 6.92 Å². The monoisotopic (exact) mass is 326 g/mol. The number of rotatable bonds is 4. The number of nitrogens with one attached hydrogen (secondary N) is 1. The first-order chi connectivity index (χ1) is 10.0. The molecular weight excluding hydrogens is 308 g/mol. The van der Waals surface area contributed by atoms with Gasteiger partial charge in [0, 0.05) is 13.0 Å². The van der Waals surface area contributed by atoms with E-state index in [0.29, 0.717) is 15.9 Å². The number of aromatic nitrogens is 1. The summed E-state index contributed by atoms with van der Waals surface area (Å²) in [6, 6.07) is 3.46. The van der Waals surface area contributed by atoms with E-state index < -0.39 is 10.0 Å². The summed E-state index contributed by atoms with van der Waals surface area (Å²) >= 11 is 1.21. The SMILES string of the molecule is Cc1ncc(-c2ccc(S(=O)(=O)NC3CCCCC3)s2)o1. The van der Waals surface area contributed by atoms with Crippen LogP contribution < -0.4 is 4.72 Å². The Morgan fingerprint density at radius 1 is 1.29 bits per heavy atom. The van der Waals surface area contributed by atoms with E-state index in [1.165, 1.54) is 17.8 Å². The van der Waals surface area contributed by atoms with Crippen LogP contribution in [0.3, 0.4) is 0 Å². The van der Waals surface area contributed by atoms with Crippen LogP contribution in [-0.2, 0) is 10.0 Å². The second-order valence-corrected chi connectivity index (χ2v) is 8.34. The van der Waals surface area contributed by atoms with Crippen LogP contribution in [0.25, 0.3) is 10.6 Å². The molecule has 0 atom stereocenters. The lowest BCUT2D eigenvalue weighted by Crippen LogP contribution is -2.35. The van der Waals surface area contributed by atoms with Crippen molar-refractivity contribution < 1.29 is 12.8 Å². The third-order valence-electron chi connectivity index (χ3n) is 3.64. The average molecular weight is 326 g/mol. The standard InChI is InChI=1S/C14H18N2O3S2/c1-10-15-9-12(19-10)13-7-8-14(20-13)21(17,18)16-11-5-3-2-4-6-11/h7-9,11,16H,2-6H2,1H3. The summed E-state index contributed by atoms with van der Waals surface area (Å²) in [5, 5.41) is 0. The van der Waals surface area contributed by atoms with E-state index in [9.17, 15) is 8.42 Å². The molecule has 0 spiro atoms. The van der Waals surface area contributed by atoms with Gasteiger partial charge in [-0.2, -0.15) is 0 Å². The predicted octanol–water partition coefficient (Wildman–Crippen LogP) is 3.32. The molecule has 2 heterocycles. The van der Waals surface area contributed by atoms with Gasteiger partial charge < -0.3 is 4.42 Å². The van der Waals surface area contributed by atoms with Crippen molar-refractivity contribution in [2.45, 2.75) is 49.3 Å². The number of oxazole rings is 1. The van der Waals surface area contributed by atoms with E-state index in [0.717, 1.165) is 30.6 Å². The zero-order valence-corrected chi connectivity index (χ0v) is 13.5. The van der Waals surface area contributed by atoms with Crippen molar-refractivity contribution in [2.24, 2.45) is 0 Å². The minimum Gasteiger partial charge on any atom is -0.440 e. The molecule has 0 unspecified atom stereocenters. The Balaban J connectivity index is 1.78. The van der Waals surface area contributed by atoms with Crippen LogP contribution >= 0.6 is 11.3 Å². The lowest BCUT2D eigenvalue weighted by Gasteiger charge is -2.22. The summed E-state index contributed by atoms with van der Waals surface area (Å²) in [5.41, 5.74) is 0. The van der Waals surface area contributed by atoms with Crippen LogP contribution in [0.4, 0.5) is 0 Å². The first-order valence-corrected chi connectivity index (χ1v) is 9.39. The lowest BCUT2D eigenvalue weighted by atomic mass is 9.96. The number of nitrogens with zero attached hydrogens (tertiary/aromatic N) is 1. The fourth-order valence-corrected chi connectivity index (χ4v) is 5.14. The maximum Gasteiger partial charge on any atom is 0.250 e. The van der Waals surface area contributed by atoms with Gasteiger partial charge in [-0.3, -0.25) is 0 Å². The second-order valence-electron chi connectivity index (χ2n) is 5.32. The minimum absolute atomic E-state index is 0.0711. The first-order valence-electron chi connectivity index (χ1n) is 7.09. The van der Waals surface area contributed by atoms with E-state index in [1.54, 1.807) is 25.3 Å². The maximum absolute atomic E-state index is 12.4. The zero-order valence-electron chi connectivity index (χ0n) is 11.8. The van der Waals surface area contributed by atoms with Gasteiger partial charge in [-0.05, 0) is 25.0 Å². The summed E-state index contributed by atoms with van der Waals surface area (Å²) in [6.45, 7) is 1.76. The van der Waals surface area contributed by atoms with Crippen LogP contribution in [0.15, 0.2) is 27.0 Å². The highest BCUT2D eigenvalue weighted by atomic mass is 32.2.